The number of carbonyl (C=O) groups excluding carboxylic acids is 3. The molecule has 1 atom stereocenters. The van der Waals surface area contributed by atoms with Gasteiger partial charge < -0.3 is 14.2 Å². The molecule has 1 unspecified atom stereocenters. The average molecular weight is 938 g/mol. The quantitative estimate of drug-likeness (QED) is 0.0262. The zero-order valence-electron chi connectivity index (χ0n) is 44.4. The fraction of sp³-hybridized carbons (Fsp3) is 0.787. The minimum atomic E-state index is -0.777. The van der Waals surface area contributed by atoms with Crippen LogP contribution in [0, 0.1) is 0 Å². The van der Waals surface area contributed by atoms with Crippen LogP contribution >= 0.6 is 0 Å². The van der Waals surface area contributed by atoms with Crippen LogP contribution in [0.1, 0.15) is 290 Å². The van der Waals surface area contributed by atoms with Crippen LogP contribution in [0.15, 0.2) is 60.8 Å². The molecule has 0 saturated heterocycles. The molecule has 0 aromatic heterocycles. The molecule has 0 aromatic rings. The third-order valence-electron chi connectivity index (χ3n) is 12.5. The van der Waals surface area contributed by atoms with Crippen LogP contribution in [0.25, 0.3) is 0 Å². The molecule has 0 saturated carbocycles. The molecule has 0 heterocycles. The van der Waals surface area contributed by atoms with Crippen molar-refractivity contribution in [3.63, 3.8) is 0 Å². The van der Waals surface area contributed by atoms with E-state index in [1.54, 1.807) is 0 Å². The van der Waals surface area contributed by atoms with Gasteiger partial charge in [0.1, 0.15) is 13.2 Å². The molecule has 0 bridgehead atoms. The molecule has 0 aromatic carbocycles. The number of allylic oxidation sites excluding steroid dienone is 10. The summed E-state index contributed by atoms with van der Waals surface area (Å²) in [6.07, 6.45) is 69.7. The molecule has 0 spiro atoms. The van der Waals surface area contributed by atoms with Gasteiger partial charge in [-0.15, -0.1) is 0 Å². The van der Waals surface area contributed by atoms with Gasteiger partial charge in [-0.2, -0.15) is 0 Å². The smallest absolute Gasteiger partial charge is 0.306 e. The Hall–Kier alpha value is -2.89. The Morgan fingerprint density at radius 2 is 0.537 bits per heavy atom. The molecule has 0 radical (unpaired) electrons. The molecule has 6 nitrogen and oxygen atoms in total. The maximum Gasteiger partial charge on any atom is 0.306 e. The highest BCUT2D eigenvalue weighted by Gasteiger charge is 2.19. The van der Waals surface area contributed by atoms with E-state index in [1.165, 1.54) is 154 Å². The highest BCUT2D eigenvalue weighted by Crippen LogP contribution is 2.16. The second-order valence-corrected chi connectivity index (χ2v) is 19.2. The van der Waals surface area contributed by atoms with Crippen molar-refractivity contribution in [1.29, 1.82) is 0 Å². The van der Waals surface area contributed by atoms with Crippen molar-refractivity contribution in [2.24, 2.45) is 0 Å². The van der Waals surface area contributed by atoms with Gasteiger partial charge in [0.25, 0.3) is 0 Å². The SMILES string of the molecule is CCCCC/C=C\C/C=C\C/C=C\CCCCCCCCC(=O)OC(COC(=O)CCCCCCC)COC(=O)CCCCCCCCCCCCCCC/C=C\C/C=C\CCCCCCC. The van der Waals surface area contributed by atoms with Gasteiger partial charge in [-0.1, -0.05) is 242 Å². The molecule has 0 amide bonds. The van der Waals surface area contributed by atoms with Gasteiger partial charge in [-0.25, -0.2) is 0 Å². The summed E-state index contributed by atoms with van der Waals surface area (Å²) < 4.78 is 16.7. The number of rotatable bonds is 52. The van der Waals surface area contributed by atoms with Gasteiger partial charge in [0, 0.05) is 19.3 Å². The van der Waals surface area contributed by atoms with Crippen LogP contribution in [0.4, 0.5) is 0 Å². The van der Waals surface area contributed by atoms with Crippen molar-refractivity contribution >= 4 is 17.9 Å². The van der Waals surface area contributed by atoms with Gasteiger partial charge in [-0.05, 0) is 89.9 Å². The third-order valence-corrected chi connectivity index (χ3v) is 12.5. The van der Waals surface area contributed by atoms with E-state index >= 15 is 0 Å². The summed E-state index contributed by atoms with van der Waals surface area (Å²) in [4.78, 5) is 37.8. The van der Waals surface area contributed by atoms with E-state index in [0.29, 0.717) is 19.3 Å². The van der Waals surface area contributed by atoms with E-state index < -0.39 is 6.10 Å². The standard InChI is InChI=1S/C61H108O6/c1-4-7-10-13-15-17-19-21-23-25-27-28-29-30-31-32-34-35-37-39-41-43-45-48-51-54-60(63)66-57-58(56-65-59(62)53-50-47-12-9-6-3)67-61(64)55-52-49-46-44-42-40-38-36-33-26-24-22-20-18-16-14-11-8-5-2/h16,18-19,21-22,24-25,27,33,36,58H,4-15,17,20,23,26,28-32,34-35,37-57H2,1-3H3/b18-16-,21-19-,24-22-,27-25-,36-33-. The van der Waals surface area contributed by atoms with Gasteiger partial charge in [-0.3, -0.25) is 14.4 Å². The number of ether oxygens (including phenoxy) is 3. The predicted molar refractivity (Wildman–Crippen MR) is 288 cm³/mol. The molecule has 6 heteroatoms. The minimum Gasteiger partial charge on any atom is -0.462 e. The van der Waals surface area contributed by atoms with E-state index in [1.807, 2.05) is 0 Å². The van der Waals surface area contributed by atoms with Crippen LogP contribution in [-0.2, 0) is 28.6 Å². The number of hydrogen-bond acceptors (Lipinski definition) is 6. The fourth-order valence-corrected chi connectivity index (χ4v) is 8.13. The Kier molecular flexibility index (Phi) is 53.3. The van der Waals surface area contributed by atoms with Crippen LogP contribution in [0.5, 0.6) is 0 Å². The normalized spacial score (nSPS) is 12.5. The van der Waals surface area contributed by atoms with Crippen molar-refractivity contribution in [2.45, 2.75) is 297 Å². The summed E-state index contributed by atoms with van der Waals surface area (Å²) >= 11 is 0. The lowest BCUT2D eigenvalue weighted by atomic mass is 10.0. The Labute approximate surface area is 415 Å². The average Bonchev–Trinajstić information content (AvgIpc) is 3.33. The predicted octanol–water partition coefficient (Wildman–Crippen LogP) is 19.2. The summed E-state index contributed by atoms with van der Waals surface area (Å²) in [7, 11) is 0. The van der Waals surface area contributed by atoms with Crippen LogP contribution < -0.4 is 0 Å². The molecule has 0 aliphatic carbocycles. The van der Waals surface area contributed by atoms with E-state index in [4.69, 9.17) is 14.2 Å². The molecular weight excluding hydrogens is 829 g/mol. The van der Waals surface area contributed by atoms with Crippen LogP contribution in [0.2, 0.25) is 0 Å². The largest absolute Gasteiger partial charge is 0.462 e. The van der Waals surface area contributed by atoms with Gasteiger partial charge >= 0.3 is 17.9 Å². The number of carbonyl (C=O) groups is 3. The molecule has 67 heavy (non-hydrogen) atoms. The first kappa shape index (κ1) is 64.1. The summed E-state index contributed by atoms with van der Waals surface area (Å²) in [5, 5.41) is 0. The zero-order valence-corrected chi connectivity index (χ0v) is 44.4. The first-order chi connectivity index (χ1) is 33.0. The molecule has 0 rings (SSSR count). The van der Waals surface area contributed by atoms with Crippen LogP contribution in [0.3, 0.4) is 0 Å². The van der Waals surface area contributed by atoms with Crippen molar-refractivity contribution in [3.8, 4) is 0 Å². The molecular formula is C61H108O6. The third kappa shape index (κ3) is 53.9. The second kappa shape index (κ2) is 55.7. The maximum atomic E-state index is 12.8. The van der Waals surface area contributed by atoms with Gasteiger partial charge in [0.15, 0.2) is 6.10 Å². The summed E-state index contributed by atoms with van der Waals surface area (Å²) in [5.74, 6) is -0.898. The lowest BCUT2D eigenvalue weighted by molar-refractivity contribution is -0.167. The Morgan fingerprint density at radius 3 is 0.866 bits per heavy atom. The maximum absolute atomic E-state index is 12.8. The Morgan fingerprint density at radius 1 is 0.299 bits per heavy atom. The molecule has 0 N–H and O–H groups in total. The molecule has 0 fully saturated rings. The van der Waals surface area contributed by atoms with Crippen molar-refractivity contribution in [3.05, 3.63) is 60.8 Å². The number of unbranched alkanes of at least 4 members (excludes halogenated alkanes) is 31. The monoisotopic (exact) mass is 937 g/mol. The molecule has 0 aliphatic heterocycles. The van der Waals surface area contributed by atoms with Crippen LogP contribution in [-0.4, -0.2) is 37.2 Å². The first-order valence-corrected chi connectivity index (χ1v) is 28.8. The lowest BCUT2D eigenvalue weighted by Gasteiger charge is -2.18. The van der Waals surface area contributed by atoms with E-state index in [2.05, 4.69) is 81.5 Å². The second-order valence-electron chi connectivity index (χ2n) is 19.2. The summed E-state index contributed by atoms with van der Waals surface area (Å²) in [5.41, 5.74) is 0. The van der Waals surface area contributed by atoms with Gasteiger partial charge in [0.2, 0.25) is 0 Å². The highest BCUT2D eigenvalue weighted by atomic mass is 16.6. The Bertz CT molecular complexity index is 1210. The molecule has 0 aliphatic rings. The Balaban J connectivity index is 4.09. The molecule has 388 valence electrons. The van der Waals surface area contributed by atoms with E-state index in [9.17, 15) is 14.4 Å². The topological polar surface area (TPSA) is 78.9 Å². The minimum absolute atomic E-state index is 0.0790. The van der Waals surface area contributed by atoms with Gasteiger partial charge in [0.05, 0.1) is 0 Å². The lowest BCUT2D eigenvalue weighted by Crippen LogP contribution is -2.30. The fourth-order valence-electron chi connectivity index (χ4n) is 8.13. The van der Waals surface area contributed by atoms with Crippen molar-refractivity contribution in [2.75, 3.05) is 13.2 Å². The van der Waals surface area contributed by atoms with E-state index in [-0.39, 0.29) is 31.1 Å². The first-order valence-electron chi connectivity index (χ1n) is 28.8. The summed E-state index contributed by atoms with van der Waals surface area (Å²) in [6, 6.07) is 0. The summed E-state index contributed by atoms with van der Waals surface area (Å²) in [6.45, 7) is 6.53. The van der Waals surface area contributed by atoms with Crippen molar-refractivity contribution < 1.29 is 28.6 Å². The number of hydrogen-bond donors (Lipinski definition) is 0. The van der Waals surface area contributed by atoms with E-state index in [0.717, 1.165) is 96.3 Å². The highest BCUT2D eigenvalue weighted by molar-refractivity contribution is 5.71. The zero-order chi connectivity index (χ0) is 48.6. The number of esters is 3. The van der Waals surface area contributed by atoms with Crippen molar-refractivity contribution in [1.82, 2.24) is 0 Å².